The lowest BCUT2D eigenvalue weighted by atomic mass is 10.1. The van der Waals surface area contributed by atoms with Crippen LogP contribution in [-0.4, -0.2) is 66.1 Å². The van der Waals surface area contributed by atoms with Gasteiger partial charge >= 0.3 is 0 Å². The Morgan fingerprint density at radius 1 is 1.21 bits per heavy atom. The first-order valence-electron chi connectivity index (χ1n) is 9.11. The van der Waals surface area contributed by atoms with E-state index in [9.17, 15) is 21.6 Å². The Kier molecular flexibility index (Phi) is 7.96. The molecule has 1 aliphatic heterocycles. The van der Waals surface area contributed by atoms with Crippen LogP contribution >= 0.6 is 0 Å². The van der Waals surface area contributed by atoms with E-state index in [-0.39, 0.29) is 16.8 Å². The average molecular weight is 433 g/mol. The van der Waals surface area contributed by atoms with E-state index < -0.39 is 20.0 Å². The van der Waals surface area contributed by atoms with Gasteiger partial charge in [0, 0.05) is 32.1 Å². The number of amides is 1. The summed E-state index contributed by atoms with van der Waals surface area (Å²) in [5.41, 5.74) is 0.901. The monoisotopic (exact) mass is 432 g/mol. The number of hydrogen-bond acceptors (Lipinski definition) is 6. The van der Waals surface area contributed by atoms with E-state index in [0.29, 0.717) is 32.5 Å². The van der Waals surface area contributed by atoms with Crippen molar-refractivity contribution in [3.05, 3.63) is 29.8 Å². The second-order valence-electron chi connectivity index (χ2n) is 7.07. The third kappa shape index (κ3) is 8.23. The number of nitrogens with one attached hydrogen (secondary N) is 2. The first-order chi connectivity index (χ1) is 13.0. The second kappa shape index (κ2) is 9.79. The lowest BCUT2D eigenvalue weighted by molar-refractivity contribution is -0.121. The zero-order valence-corrected chi connectivity index (χ0v) is 17.6. The number of carbonyl (C=O) groups excluding carboxylic acids is 1. The lowest BCUT2D eigenvalue weighted by Crippen LogP contribution is -2.48. The number of carbonyl (C=O) groups is 1. The van der Waals surface area contributed by atoms with Gasteiger partial charge in [0.05, 0.1) is 11.2 Å². The standard InChI is InChI=1S/C17H28N4O5S2/c1-27(23,24)20-15-3-2-11-21(13-15)12-9-17(22)19-10-8-14-4-6-16(7-5-14)28(18,25)26/h4-7,15,20H,2-3,8-13H2,1H3,(H,19,22)(H2,18,25,26). The molecule has 1 saturated heterocycles. The van der Waals surface area contributed by atoms with Crippen LogP contribution in [0.25, 0.3) is 0 Å². The summed E-state index contributed by atoms with van der Waals surface area (Å²) < 4.78 is 47.8. The fourth-order valence-corrected chi connectivity index (χ4v) is 4.51. The molecule has 1 atom stereocenters. The third-order valence-electron chi connectivity index (χ3n) is 4.53. The molecular formula is C17H28N4O5S2. The van der Waals surface area contributed by atoms with Gasteiger partial charge in [0.1, 0.15) is 0 Å². The van der Waals surface area contributed by atoms with Crippen molar-refractivity contribution in [3.8, 4) is 0 Å². The number of primary sulfonamides is 1. The molecule has 2 rings (SSSR count). The highest BCUT2D eigenvalue weighted by atomic mass is 32.2. The van der Waals surface area contributed by atoms with Crippen molar-refractivity contribution in [1.82, 2.24) is 14.9 Å². The Morgan fingerprint density at radius 2 is 1.89 bits per heavy atom. The Bertz CT molecular complexity index is 869. The van der Waals surface area contributed by atoms with Crippen LogP contribution in [0, 0.1) is 0 Å². The highest BCUT2D eigenvalue weighted by Crippen LogP contribution is 2.11. The summed E-state index contributed by atoms with van der Waals surface area (Å²) in [6.07, 6.45) is 3.78. The molecule has 4 N–H and O–H groups in total. The number of nitrogens with two attached hydrogens (primary N) is 1. The van der Waals surface area contributed by atoms with Crippen molar-refractivity contribution in [2.75, 3.05) is 32.4 Å². The van der Waals surface area contributed by atoms with E-state index in [0.717, 1.165) is 31.2 Å². The van der Waals surface area contributed by atoms with Gasteiger partial charge in [-0.25, -0.2) is 26.7 Å². The topological polar surface area (TPSA) is 139 Å². The normalized spacial score (nSPS) is 18.7. The predicted molar refractivity (Wildman–Crippen MR) is 107 cm³/mol. The molecule has 0 radical (unpaired) electrons. The molecule has 1 amide bonds. The molecule has 1 heterocycles. The number of piperidine rings is 1. The highest BCUT2D eigenvalue weighted by molar-refractivity contribution is 7.89. The summed E-state index contributed by atoms with van der Waals surface area (Å²) in [6.45, 7) is 2.49. The summed E-state index contributed by atoms with van der Waals surface area (Å²) >= 11 is 0. The van der Waals surface area contributed by atoms with Gasteiger partial charge in [0.2, 0.25) is 26.0 Å². The van der Waals surface area contributed by atoms with Crippen molar-refractivity contribution in [1.29, 1.82) is 0 Å². The van der Waals surface area contributed by atoms with Crippen molar-refractivity contribution in [2.45, 2.75) is 36.6 Å². The maximum absolute atomic E-state index is 12.0. The Morgan fingerprint density at radius 3 is 2.50 bits per heavy atom. The first kappa shape index (κ1) is 22.8. The molecule has 1 aromatic rings. The molecule has 158 valence electrons. The Labute approximate surface area is 166 Å². The number of sulfonamides is 2. The molecule has 11 heteroatoms. The largest absolute Gasteiger partial charge is 0.356 e. The second-order valence-corrected chi connectivity index (χ2v) is 10.4. The average Bonchev–Trinajstić information content (AvgIpc) is 2.58. The minimum atomic E-state index is -3.70. The van der Waals surface area contributed by atoms with Gasteiger partial charge in [-0.3, -0.25) is 4.79 Å². The van der Waals surface area contributed by atoms with Crippen LogP contribution in [0.1, 0.15) is 24.8 Å². The number of benzene rings is 1. The van der Waals surface area contributed by atoms with Crippen molar-refractivity contribution < 1.29 is 21.6 Å². The van der Waals surface area contributed by atoms with Gasteiger partial charge in [-0.15, -0.1) is 0 Å². The molecule has 28 heavy (non-hydrogen) atoms. The van der Waals surface area contributed by atoms with Crippen LogP contribution in [0.2, 0.25) is 0 Å². The summed E-state index contributed by atoms with van der Waals surface area (Å²) in [5.74, 6) is -0.0700. The van der Waals surface area contributed by atoms with Crippen LogP contribution in [0.5, 0.6) is 0 Å². The van der Waals surface area contributed by atoms with Gasteiger partial charge < -0.3 is 10.2 Å². The van der Waals surface area contributed by atoms with Gasteiger partial charge in [0.15, 0.2) is 0 Å². The van der Waals surface area contributed by atoms with Crippen molar-refractivity contribution in [2.24, 2.45) is 5.14 Å². The molecule has 1 aliphatic rings. The summed E-state index contributed by atoms with van der Waals surface area (Å²) in [6, 6.07) is 6.14. The number of likely N-dealkylation sites (tertiary alicyclic amines) is 1. The Hall–Kier alpha value is -1.53. The van der Waals surface area contributed by atoms with Crippen LogP contribution in [0.15, 0.2) is 29.2 Å². The van der Waals surface area contributed by atoms with Gasteiger partial charge in [-0.05, 0) is 43.5 Å². The van der Waals surface area contributed by atoms with E-state index in [1.165, 1.54) is 12.1 Å². The minimum absolute atomic E-state index is 0.0606. The van der Waals surface area contributed by atoms with E-state index in [4.69, 9.17) is 5.14 Å². The molecule has 0 saturated carbocycles. The maximum atomic E-state index is 12.0. The van der Waals surface area contributed by atoms with Gasteiger partial charge in [0.25, 0.3) is 0 Å². The molecule has 1 aromatic carbocycles. The van der Waals surface area contributed by atoms with Crippen LogP contribution in [-0.2, 0) is 31.3 Å². The van der Waals surface area contributed by atoms with E-state index in [2.05, 4.69) is 14.9 Å². The summed E-state index contributed by atoms with van der Waals surface area (Å²) in [5, 5.41) is 7.90. The third-order valence-corrected chi connectivity index (χ3v) is 6.22. The van der Waals surface area contributed by atoms with Crippen LogP contribution in [0.4, 0.5) is 0 Å². The summed E-state index contributed by atoms with van der Waals surface area (Å²) in [4.78, 5) is 14.2. The fraction of sp³-hybridized carbons (Fsp3) is 0.588. The number of hydrogen-bond donors (Lipinski definition) is 3. The van der Waals surface area contributed by atoms with Crippen molar-refractivity contribution >= 4 is 26.0 Å². The number of nitrogens with zero attached hydrogens (tertiary/aromatic N) is 1. The Balaban J connectivity index is 1.68. The summed E-state index contributed by atoms with van der Waals surface area (Å²) in [7, 11) is -6.92. The molecule has 1 unspecified atom stereocenters. The number of rotatable bonds is 9. The SMILES string of the molecule is CS(=O)(=O)NC1CCCN(CCC(=O)NCCc2ccc(S(N)(=O)=O)cc2)C1. The lowest BCUT2D eigenvalue weighted by Gasteiger charge is -2.32. The zero-order valence-electron chi connectivity index (χ0n) is 15.9. The van der Waals surface area contributed by atoms with Crippen LogP contribution < -0.4 is 15.2 Å². The van der Waals surface area contributed by atoms with Crippen LogP contribution in [0.3, 0.4) is 0 Å². The fourth-order valence-electron chi connectivity index (χ4n) is 3.20. The quantitative estimate of drug-likeness (QED) is 0.476. The molecule has 0 aliphatic carbocycles. The highest BCUT2D eigenvalue weighted by Gasteiger charge is 2.22. The van der Waals surface area contributed by atoms with Crippen molar-refractivity contribution in [3.63, 3.8) is 0 Å². The van der Waals surface area contributed by atoms with Gasteiger partial charge in [-0.1, -0.05) is 12.1 Å². The molecule has 0 spiro atoms. The minimum Gasteiger partial charge on any atom is -0.356 e. The maximum Gasteiger partial charge on any atom is 0.238 e. The molecule has 0 bridgehead atoms. The zero-order chi connectivity index (χ0) is 20.8. The van der Waals surface area contributed by atoms with E-state index in [1.54, 1.807) is 12.1 Å². The van der Waals surface area contributed by atoms with Gasteiger partial charge in [-0.2, -0.15) is 0 Å². The molecule has 0 aromatic heterocycles. The van der Waals surface area contributed by atoms with E-state index >= 15 is 0 Å². The molecule has 1 fully saturated rings. The smallest absolute Gasteiger partial charge is 0.238 e. The molecule has 9 nitrogen and oxygen atoms in total. The van der Waals surface area contributed by atoms with E-state index in [1.807, 2.05) is 0 Å². The predicted octanol–water partition coefficient (Wildman–Crippen LogP) is -0.604. The molecular weight excluding hydrogens is 404 g/mol. The first-order valence-corrected chi connectivity index (χ1v) is 12.5.